The van der Waals surface area contributed by atoms with E-state index >= 15 is 0 Å². The zero-order chi connectivity index (χ0) is 23.7. The van der Waals surface area contributed by atoms with Crippen LogP contribution in [-0.2, 0) is 9.53 Å². The third-order valence-corrected chi connectivity index (χ3v) is 6.55. The quantitative estimate of drug-likeness (QED) is 0.562. The van der Waals surface area contributed by atoms with Gasteiger partial charge in [-0.3, -0.25) is 9.36 Å². The minimum absolute atomic E-state index is 0.00420. The number of fused-ring (bicyclic) bond motifs is 1. The third kappa shape index (κ3) is 4.19. The lowest BCUT2D eigenvalue weighted by Crippen LogP contribution is -2.40. The third-order valence-electron chi connectivity index (χ3n) is 5.22. The molecule has 0 radical (unpaired) electrons. The lowest BCUT2D eigenvalue weighted by molar-refractivity contribution is -0.139. The smallest absolute Gasteiger partial charge is 0.338 e. The largest absolute Gasteiger partial charge is 0.504 e. The number of phenolic OH excluding ortho intramolecular Hbond substituents is 1. The average molecular weight is 485 g/mol. The second kappa shape index (κ2) is 9.25. The Balaban J connectivity index is 1.96. The number of aromatic nitrogens is 1. The van der Waals surface area contributed by atoms with Crippen molar-refractivity contribution in [1.29, 1.82) is 0 Å². The Hall–Kier alpha value is -3.36. The summed E-state index contributed by atoms with van der Waals surface area (Å²) in [7, 11) is 1.45. The minimum Gasteiger partial charge on any atom is -0.504 e. The maximum absolute atomic E-state index is 13.6. The number of methoxy groups -OCH3 is 1. The van der Waals surface area contributed by atoms with Gasteiger partial charge in [-0.05, 0) is 49.2 Å². The first-order valence-electron chi connectivity index (χ1n) is 10.2. The molecule has 0 saturated carbocycles. The number of carbonyl (C=O) groups is 1. The molecule has 4 rings (SSSR count). The lowest BCUT2D eigenvalue weighted by Gasteiger charge is -2.25. The number of benzene rings is 2. The normalized spacial score (nSPS) is 15.8. The monoisotopic (exact) mass is 484 g/mol. The Labute approximate surface area is 198 Å². The van der Waals surface area contributed by atoms with E-state index in [0.29, 0.717) is 36.9 Å². The number of allylic oxidation sites excluding steroid dienone is 1. The Bertz CT molecular complexity index is 1450. The second-order valence-corrected chi connectivity index (χ2v) is 8.67. The van der Waals surface area contributed by atoms with Crippen LogP contribution in [-0.4, -0.2) is 29.4 Å². The van der Waals surface area contributed by atoms with E-state index in [0.717, 1.165) is 0 Å². The summed E-state index contributed by atoms with van der Waals surface area (Å²) < 4.78 is 12.3. The molecule has 2 aromatic carbocycles. The highest BCUT2D eigenvalue weighted by molar-refractivity contribution is 7.07. The molecule has 170 valence electrons. The van der Waals surface area contributed by atoms with Gasteiger partial charge in [0.1, 0.15) is 6.04 Å². The molecule has 1 atom stereocenters. The Morgan fingerprint density at radius 3 is 2.76 bits per heavy atom. The number of esters is 1. The molecule has 2 heterocycles. The van der Waals surface area contributed by atoms with E-state index in [1.54, 1.807) is 56.3 Å². The number of hydrogen-bond donors (Lipinski definition) is 1. The van der Waals surface area contributed by atoms with E-state index in [1.807, 2.05) is 0 Å². The van der Waals surface area contributed by atoms with Crippen LogP contribution in [0.4, 0.5) is 0 Å². The van der Waals surface area contributed by atoms with Gasteiger partial charge in [0.25, 0.3) is 5.56 Å². The molecule has 1 aliphatic heterocycles. The predicted molar refractivity (Wildman–Crippen MR) is 127 cm³/mol. The Morgan fingerprint density at radius 1 is 1.30 bits per heavy atom. The number of aromatic hydroxyl groups is 1. The zero-order valence-corrected chi connectivity index (χ0v) is 19.7. The number of phenols is 1. The molecule has 0 spiro atoms. The van der Waals surface area contributed by atoms with E-state index in [2.05, 4.69) is 4.99 Å². The molecule has 33 heavy (non-hydrogen) atoms. The van der Waals surface area contributed by atoms with Gasteiger partial charge in [0, 0.05) is 5.02 Å². The predicted octanol–water partition coefficient (Wildman–Crippen LogP) is 3.17. The van der Waals surface area contributed by atoms with Gasteiger partial charge >= 0.3 is 5.97 Å². The molecule has 1 aliphatic rings. The van der Waals surface area contributed by atoms with Gasteiger partial charge < -0.3 is 14.6 Å². The molecule has 3 aromatic rings. The fourth-order valence-electron chi connectivity index (χ4n) is 3.72. The number of ether oxygens (including phenoxy) is 2. The van der Waals surface area contributed by atoms with Crippen LogP contribution in [0.25, 0.3) is 6.08 Å². The lowest BCUT2D eigenvalue weighted by atomic mass is 9.96. The number of nitrogens with zero attached hydrogens (tertiary/aromatic N) is 2. The van der Waals surface area contributed by atoms with Crippen LogP contribution in [0.5, 0.6) is 11.5 Å². The van der Waals surface area contributed by atoms with Crippen molar-refractivity contribution in [2.24, 2.45) is 4.99 Å². The van der Waals surface area contributed by atoms with Crippen molar-refractivity contribution in [3.8, 4) is 11.5 Å². The van der Waals surface area contributed by atoms with Crippen LogP contribution in [0, 0.1) is 0 Å². The van der Waals surface area contributed by atoms with Crippen molar-refractivity contribution >= 4 is 35.0 Å². The van der Waals surface area contributed by atoms with Crippen LogP contribution >= 0.6 is 22.9 Å². The maximum Gasteiger partial charge on any atom is 0.338 e. The number of thiazole rings is 1. The van der Waals surface area contributed by atoms with Gasteiger partial charge in [0.05, 0.1) is 29.5 Å². The van der Waals surface area contributed by atoms with Gasteiger partial charge in [-0.15, -0.1) is 0 Å². The van der Waals surface area contributed by atoms with Gasteiger partial charge in [-0.25, -0.2) is 9.79 Å². The zero-order valence-electron chi connectivity index (χ0n) is 18.2. The fourth-order valence-corrected chi connectivity index (χ4v) is 5.00. The molecule has 0 amide bonds. The summed E-state index contributed by atoms with van der Waals surface area (Å²) in [6, 6.07) is 11.1. The first-order valence-corrected chi connectivity index (χ1v) is 11.4. The second-order valence-electron chi connectivity index (χ2n) is 7.26. The molecule has 0 unspecified atom stereocenters. The molecule has 0 aliphatic carbocycles. The minimum atomic E-state index is -0.773. The summed E-state index contributed by atoms with van der Waals surface area (Å²) in [4.78, 5) is 31.4. The van der Waals surface area contributed by atoms with E-state index < -0.39 is 12.0 Å². The molecule has 0 fully saturated rings. The summed E-state index contributed by atoms with van der Waals surface area (Å²) in [5, 5.41) is 10.3. The van der Waals surface area contributed by atoms with E-state index in [4.69, 9.17) is 21.1 Å². The molecule has 0 bridgehead atoms. The van der Waals surface area contributed by atoms with Crippen molar-refractivity contribution in [2.75, 3.05) is 13.7 Å². The van der Waals surface area contributed by atoms with Crippen molar-refractivity contribution in [1.82, 2.24) is 4.57 Å². The molecular weight excluding hydrogens is 464 g/mol. The number of halogens is 1. The molecule has 1 N–H and O–H groups in total. The maximum atomic E-state index is 13.6. The summed E-state index contributed by atoms with van der Waals surface area (Å²) in [5.41, 5.74) is 1.71. The Kier molecular flexibility index (Phi) is 6.40. The summed E-state index contributed by atoms with van der Waals surface area (Å²) in [6.07, 6.45) is 1.69. The highest BCUT2D eigenvalue weighted by Gasteiger charge is 2.34. The summed E-state index contributed by atoms with van der Waals surface area (Å²) in [5.74, 6) is -0.239. The van der Waals surface area contributed by atoms with Gasteiger partial charge in [-0.1, -0.05) is 47.2 Å². The first kappa shape index (κ1) is 22.8. The van der Waals surface area contributed by atoms with Crippen molar-refractivity contribution in [3.05, 3.63) is 89.6 Å². The molecule has 7 nitrogen and oxygen atoms in total. The molecule has 0 saturated heterocycles. The van der Waals surface area contributed by atoms with Gasteiger partial charge in [0.2, 0.25) is 0 Å². The summed E-state index contributed by atoms with van der Waals surface area (Å²) in [6.45, 7) is 3.63. The highest BCUT2D eigenvalue weighted by atomic mass is 35.5. The highest BCUT2D eigenvalue weighted by Crippen LogP contribution is 2.34. The summed E-state index contributed by atoms with van der Waals surface area (Å²) >= 11 is 7.70. The standard InChI is InChI=1S/C24H21ClN2O5S/c1-4-32-23(30)20-13(2)26-24-27(21(20)15-7-5-6-8-16(15)25)22(29)19(33-24)12-14-9-10-17(28)18(11-14)31-3/h5-12,21,28H,4H2,1-3H3/b19-12-/t21-/m0/s1. The number of carbonyl (C=O) groups excluding carboxylic acids is 1. The van der Waals surface area contributed by atoms with Crippen LogP contribution in [0.3, 0.4) is 0 Å². The van der Waals surface area contributed by atoms with Crippen LogP contribution in [0.2, 0.25) is 5.02 Å². The Morgan fingerprint density at radius 2 is 2.06 bits per heavy atom. The van der Waals surface area contributed by atoms with E-state index in [9.17, 15) is 14.7 Å². The topological polar surface area (TPSA) is 90.1 Å². The van der Waals surface area contributed by atoms with Crippen molar-refractivity contribution in [3.63, 3.8) is 0 Å². The van der Waals surface area contributed by atoms with E-state index in [1.165, 1.54) is 29.1 Å². The van der Waals surface area contributed by atoms with Crippen LogP contribution in [0.1, 0.15) is 31.0 Å². The SMILES string of the molecule is CCOC(=O)C1=C(C)N=c2s/c(=C\c3ccc(O)c(OC)c3)c(=O)n2[C@H]1c1ccccc1Cl. The fraction of sp³-hybridized carbons (Fsp3) is 0.208. The van der Waals surface area contributed by atoms with Crippen LogP contribution in [0.15, 0.2) is 63.5 Å². The first-order chi connectivity index (χ1) is 15.8. The van der Waals surface area contributed by atoms with E-state index in [-0.39, 0.29) is 23.5 Å². The number of rotatable bonds is 5. The van der Waals surface area contributed by atoms with Crippen LogP contribution < -0.4 is 19.6 Å². The molecule has 1 aromatic heterocycles. The molecular formula is C24H21ClN2O5S. The van der Waals surface area contributed by atoms with Crippen molar-refractivity contribution < 1.29 is 19.4 Å². The van der Waals surface area contributed by atoms with Gasteiger partial charge in [-0.2, -0.15) is 0 Å². The average Bonchev–Trinajstić information content (AvgIpc) is 3.09. The number of hydrogen-bond acceptors (Lipinski definition) is 7. The molecule has 9 heteroatoms. The van der Waals surface area contributed by atoms with Gasteiger partial charge in [0.15, 0.2) is 16.3 Å². The van der Waals surface area contributed by atoms with Crippen molar-refractivity contribution in [2.45, 2.75) is 19.9 Å².